The lowest BCUT2D eigenvalue weighted by atomic mass is 9.98. The Kier molecular flexibility index (Phi) is 6.00. The average molecular weight is 321 g/mol. The molecule has 0 aliphatic carbocycles. The Morgan fingerprint density at radius 2 is 1.96 bits per heavy atom. The van der Waals surface area contributed by atoms with Crippen molar-refractivity contribution in [3.05, 3.63) is 54.2 Å². The minimum atomic E-state index is 0.0485. The Labute approximate surface area is 145 Å². The highest BCUT2D eigenvalue weighted by atomic mass is 15.3. The number of aromatic nitrogens is 2. The molecular weight excluding hydrogens is 294 g/mol. The van der Waals surface area contributed by atoms with Gasteiger partial charge in [0, 0.05) is 25.0 Å². The number of hydrogen-bond acceptors (Lipinski definition) is 2. The zero-order chi connectivity index (χ0) is 17.6. The summed E-state index contributed by atoms with van der Waals surface area (Å²) in [5.74, 6) is 6.27. The van der Waals surface area contributed by atoms with E-state index in [4.69, 9.17) is 0 Å². The first kappa shape index (κ1) is 18.0. The lowest BCUT2D eigenvalue weighted by Gasteiger charge is -2.08. The fourth-order valence-corrected chi connectivity index (χ4v) is 2.31. The number of aryl methyl sites for hydroxylation is 1. The summed E-state index contributed by atoms with van der Waals surface area (Å²) in [6, 6.07) is 12.7. The first-order valence-corrected chi connectivity index (χ1v) is 8.37. The molecule has 0 aliphatic heterocycles. The van der Waals surface area contributed by atoms with Crippen molar-refractivity contribution in [1.29, 1.82) is 0 Å². The minimum Gasteiger partial charge on any atom is -0.305 e. The SMILES string of the molecule is C[C@@H](NC/C=C\C#CC(C)(C)C)c1cc(-c2ccccc2)n(C)n1. The molecule has 24 heavy (non-hydrogen) atoms. The minimum absolute atomic E-state index is 0.0485. The van der Waals surface area contributed by atoms with Crippen molar-refractivity contribution in [3.63, 3.8) is 0 Å². The maximum Gasteiger partial charge on any atom is 0.0797 e. The Morgan fingerprint density at radius 3 is 2.62 bits per heavy atom. The van der Waals surface area contributed by atoms with E-state index in [0.717, 1.165) is 17.9 Å². The van der Waals surface area contributed by atoms with Crippen LogP contribution in [0.15, 0.2) is 48.6 Å². The molecule has 3 heteroatoms. The van der Waals surface area contributed by atoms with Crippen molar-refractivity contribution in [1.82, 2.24) is 15.1 Å². The van der Waals surface area contributed by atoms with Crippen molar-refractivity contribution in [2.24, 2.45) is 12.5 Å². The van der Waals surface area contributed by atoms with Gasteiger partial charge in [0.2, 0.25) is 0 Å². The molecule has 2 aromatic rings. The molecule has 0 saturated carbocycles. The van der Waals surface area contributed by atoms with E-state index in [1.165, 1.54) is 5.56 Å². The Bertz CT molecular complexity index is 737. The Hall–Kier alpha value is -2.31. The molecular formula is C21H27N3. The van der Waals surface area contributed by atoms with Gasteiger partial charge < -0.3 is 5.32 Å². The molecule has 126 valence electrons. The van der Waals surface area contributed by atoms with Crippen LogP contribution in [0.4, 0.5) is 0 Å². The van der Waals surface area contributed by atoms with E-state index < -0.39 is 0 Å². The number of nitrogens with one attached hydrogen (secondary N) is 1. The zero-order valence-electron chi connectivity index (χ0n) is 15.3. The molecule has 0 amide bonds. The molecule has 0 radical (unpaired) electrons. The molecule has 1 aromatic heterocycles. The predicted molar refractivity (Wildman–Crippen MR) is 101 cm³/mol. The van der Waals surface area contributed by atoms with Crippen molar-refractivity contribution in [2.45, 2.75) is 33.7 Å². The van der Waals surface area contributed by atoms with Crippen molar-refractivity contribution in [3.8, 4) is 23.1 Å². The third-order valence-corrected chi connectivity index (χ3v) is 3.60. The number of allylic oxidation sites excluding steroid dienone is 1. The second-order valence-corrected chi connectivity index (χ2v) is 7.00. The number of hydrogen-bond donors (Lipinski definition) is 1. The van der Waals surface area contributed by atoms with Gasteiger partial charge in [-0.25, -0.2) is 0 Å². The van der Waals surface area contributed by atoms with Gasteiger partial charge >= 0.3 is 0 Å². The van der Waals surface area contributed by atoms with Gasteiger partial charge in [-0.1, -0.05) is 48.2 Å². The van der Waals surface area contributed by atoms with Gasteiger partial charge in [0.25, 0.3) is 0 Å². The van der Waals surface area contributed by atoms with Crippen LogP contribution in [0.2, 0.25) is 0 Å². The first-order valence-electron chi connectivity index (χ1n) is 8.37. The van der Waals surface area contributed by atoms with Gasteiger partial charge in [0.1, 0.15) is 0 Å². The smallest absolute Gasteiger partial charge is 0.0797 e. The Balaban J connectivity index is 1.95. The van der Waals surface area contributed by atoms with Crippen molar-refractivity contribution in [2.75, 3.05) is 6.54 Å². The molecule has 0 spiro atoms. The van der Waals surface area contributed by atoms with E-state index in [-0.39, 0.29) is 11.5 Å². The van der Waals surface area contributed by atoms with Crippen LogP contribution in [0.5, 0.6) is 0 Å². The van der Waals surface area contributed by atoms with Gasteiger partial charge in [-0.3, -0.25) is 4.68 Å². The average Bonchev–Trinajstić information content (AvgIpc) is 2.92. The quantitative estimate of drug-likeness (QED) is 0.830. The zero-order valence-corrected chi connectivity index (χ0v) is 15.3. The molecule has 1 N–H and O–H groups in total. The maximum absolute atomic E-state index is 4.64. The summed E-state index contributed by atoms with van der Waals surface area (Å²) in [6.07, 6.45) is 3.97. The second-order valence-electron chi connectivity index (χ2n) is 7.00. The molecule has 0 aliphatic rings. The molecule has 0 unspecified atom stereocenters. The molecule has 0 fully saturated rings. The van der Waals surface area contributed by atoms with Gasteiger partial charge in [0.15, 0.2) is 0 Å². The van der Waals surface area contributed by atoms with E-state index in [2.05, 4.69) is 74.2 Å². The van der Waals surface area contributed by atoms with Crippen LogP contribution in [0, 0.1) is 17.3 Å². The molecule has 1 aromatic carbocycles. The van der Waals surface area contributed by atoms with Gasteiger partial charge in [-0.05, 0) is 45.4 Å². The van der Waals surface area contributed by atoms with Crippen LogP contribution in [0.25, 0.3) is 11.3 Å². The summed E-state index contributed by atoms with van der Waals surface area (Å²) in [7, 11) is 1.99. The van der Waals surface area contributed by atoms with Gasteiger partial charge in [-0.15, -0.1) is 0 Å². The second kappa shape index (κ2) is 7.99. The molecule has 1 atom stereocenters. The number of nitrogens with zero attached hydrogens (tertiary/aromatic N) is 2. The standard InChI is InChI=1S/C21H27N3/c1-17(22-15-11-7-10-14-21(2,3)4)19-16-20(24(5)23-19)18-12-8-6-9-13-18/h6-9,11-13,16-17,22H,15H2,1-5H3/b11-7-/t17-/m1/s1. The van der Waals surface area contributed by atoms with Crippen LogP contribution in [0.3, 0.4) is 0 Å². The molecule has 0 bridgehead atoms. The van der Waals surface area contributed by atoms with Crippen LogP contribution in [0.1, 0.15) is 39.4 Å². The van der Waals surface area contributed by atoms with E-state index in [9.17, 15) is 0 Å². The highest BCUT2D eigenvalue weighted by molar-refractivity contribution is 5.59. The monoisotopic (exact) mass is 321 g/mol. The molecule has 2 rings (SSSR count). The fourth-order valence-electron chi connectivity index (χ4n) is 2.31. The van der Waals surface area contributed by atoms with Gasteiger partial charge in [-0.2, -0.15) is 5.10 Å². The molecule has 3 nitrogen and oxygen atoms in total. The summed E-state index contributed by atoms with van der Waals surface area (Å²) in [5, 5.41) is 8.09. The van der Waals surface area contributed by atoms with E-state index >= 15 is 0 Å². The summed E-state index contributed by atoms with van der Waals surface area (Å²) in [5.41, 5.74) is 3.41. The fraction of sp³-hybridized carbons (Fsp3) is 0.381. The lowest BCUT2D eigenvalue weighted by Crippen LogP contribution is -2.19. The Morgan fingerprint density at radius 1 is 1.25 bits per heavy atom. The van der Waals surface area contributed by atoms with Crippen LogP contribution >= 0.6 is 0 Å². The number of benzene rings is 1. The molecule has 0 saturated heterocycles. The van der Waals surface area contributed by atoms with Gasteiger partial charge in [0.05, 0.1) is 11.4 Å². The lowest BCUT2D eigenvalue weighted by molar-refractivity contribution is 0.571. The van der Waals surface area contributed by atoms with E-state index in [1.807, 2.05) is 36.0 Å². The summed E-state index contributed by atoms with van der Waals surface area (Å²) in [4.78, 5) is 0. The highest BCUT2D eigenvalue weighted by Gasteiger charge is 2.12. The largest absolute Gasteiger partial charge is 0.305 e. The van der Waals surface area contributed by atoms with Crippen LogP contribution < -0.4 is 5.32 Å². The summed E-state index contributed by atoms with van der Waals surface area (Å²) in [6.45, 7) is 9.24. The normalized spacial score (nSPS) is 12.9. The highest BCUT2D eigenvalue weighted by Crippen LogP contribution is 2.22. The van der Waals surface area contributed by atoms with Crippen LogP contribution in [-0.2, 0) is 7.05 Å². The maximum atomic E-state index is 4.64. The third-order valence-electron chi connectivity index (χ3n) is 3.60. The predicted octanol–water partition coefficient (Wildman–Crippen LogP) is 4.34. The summed E-state index contributed by atoms with van der Waals surface area (Å²) < 4.78 is 1.94. The van der Waals surface area contributed by atoms with E-state index in [1.54, 1.807) is 0 Å². The first-order chi connectivity index (χ1) is 11.4. The number of rotatable bonds is 5. The summed E-state index contributed by atoms with van der Waals surface area (Å²) >= 11 is 0. The van der Waals surface area contributed by atoms with Crippen LogP contribution in [-0.4, -0.2) is 16.3 Å². The van der Waals surface area contributed by atoms with E-state index in [0.29, 0.717) is 0 Å². The van der Waals surface area contributed by atoms with Crippen molar-refractivity contribution >= 4 is 0 Å². The van der Waals surface area contributed by atoms with Crippen molar-refractivity contribution < 1.29 is 0 Å². The topological polar surface area (TPSA) is 29.9 Å². The third kappa shape index (κ3) is 5.40. The molecule has 1 heterocycles.